The quantitative estimate of drug-likeness (QED) is 0.784. The minimum absolute atomic E-state index is 0.0493. The smallest absolute Gasteiger partial charge is 0.387 e. The number of carbonyl (C=O) groups is 1. The largest absolute Gasteiger partial charge is 0.435 e. The molecule has 94 valence electrons. The van der Waals surface area contributed by atoms with Crippen LogP contribution in [0.2, 0.25) is 0 Å². The summed E-state index contributed by atoms with van der Waals surface area (Å²) in [5.41, 5.74) is 0.513. The Morgan fingerprint density at radius 2 is 2.22 bits per heavy atom. The summed E-state index contributed by atoms with van der Waals surface area (Å²) in [7, 11) is 1.74. The van der Waals surface area contributed by atoms with E-state index in [1.165, 1.54) is 30.6 Å². The Kier molecular flexibility index (Phi) is 3.36. The second-order valence-corrected chi connectivity index (χ2v) is 3.66. The molecule has 0 amide bonds. The van der Waals surface area contributed by atoms with Crippen molar-refractivity contribution in [2.24, 2.45) is 7.05 Å². The maximum absolute atomic E-state index is 12.1. The Balaban J connectivity index is 2.25. The molecule has 0 unspecified atom stereocenters. The molecular weight excluding hydrogens is 242 g/mol. The first-order chi connectivity index (χ1) is 8.56. The van der Waals surface area contributed by atoms with Crippen molar-refractivity contribution in [2.45, 2.75) is 6.61 Å². The van der Waals surface area contributed by atoms with Gasteiger partial charge >= 0.3 is 6.61 Å². The standard InChI is InChI=1S/C12H10F2N2O2/c1-16-6-10(15-7-16)11(17)8-3-2-4-9(5-8)18-12(13)14/h2-7,12H,1H3. The molecule has 0 aliphatic rings. The molecule has 2 aromatic rings. The fourth-order valence-corrected chi connectivity index (χ4v) is 1.49. The van der Waals surface area contributed by atoms with Crippen LogP contribution >= 0.6 is 0 Å². The number of hydrogen-bond donors (Lipinski definition) is 0. The van der Waals surface area contributed by atoms with Gasteiger partial charge in [0.25, 0.3) is 0 Å². The lowest BCUT2D eigenvalue weighted by Gasteiger charge is -2.05. The van der Waals surface area contributed by atoms with E-state index in [1.807, 2.05) is 0 Å². The molecule has 1 heterocycles. The second kappa shape index (κ2) is 4.95. The summed E-state index contributed by atoms with van der Waals surface area (Å²) in [6.45, 7) is -2.91. The Labute approximate surface area is 102 Å². The summed E-state index contributed by atoms with van der Waals surface area (Å²) in [6, 6.07) is 5.63. The number of aromatic nitrogens is 2. The van der Waals surface area contributed by atoms with Crippen LogP contribution in [0.1, 0.15) is 16.1 Å². The summed E-state index contributed by atoms with van der Waals surface area (Å²) >= 11 is 0. The predicted molar refractivity (Wildman–Crippen MR) is 59.7 cm³/mol. The molecule has 0 saturated heterocycles. The third-order valence-corrected chi connectivity index (χ3v) is 2.26. The number of ether oxygens (including phenoxy) is 1. The molecule has 0 atom stereocenters. The van der Waals surface area contributed by atoms with Gasteiger partial charge in [0.1, 0.15) is 11.4 Å². The Morgan fingerprint density at radius 3 is 2.83 bits per heavy atom. The van der Waals surface area contributed by atoms with Crippen LogP contribution in [-0.2, 0) is 7.05 Å². The van der Waals surface area contributed by atoms with Gasteiger partial charge in [0.2, 0.25) is 5.78 Å². The Hall–Kier alpha value is -2.24. The van der Waals surface area contributed by atoms with E-state index in [-0.39, 0.29) is 22.8 Å². The molecule has 0 fully saturated rings. The molecule has 0 N–H and O–H groups in total. The fourth-order valence-electron chi connectivity index (χ4n) is 1.49. The zero-order valence-electron chi connectivity index (χ0n) is 9.51. The van der Waals surface area contributed by atoms with Crippen LogP contribution in [0.15, 0.2) is 36.8 Å². The van der Waals surface area contributed by atoms with E-state index in [9.17, 15) is 13.6 Å². The molecule has 0 aliphatic carbocycles. The molecule has 18 heavy (non-hydrogen) atoms. The van der Waals surface area contributed by atoms with E-state index in [1.54, 1.807) is 17.8 Å². The minimum atomic E-state index is -2.91. The predicted octanol–water partition coefficient (Wildman–Crippen LogP) is 2.25. The average molecular weight is 252 g/mol. The molecule has 0 saturated carbocycles. The van der Waals surface area contributed by atoms with Gasteiger partial charge in [0.05, 0.1) is 6.33 Å². The summed E-state index contributed by atoms with van der Waals surface area (Å²) < 4.78 is 30.0. The van der Waals surface area contributed by atoms with Gasteiger partial charge in [0.15, 0.2) is 0 Å². The van der Waals surface area contributed by atoms with E-state index >= 15 is 0 Å². The SMILES string of the molecule is Cn1cnc(C(=O)c2cccc(OC(F)F)c2)c1. The zero-order valence-corrected chi connectivity index (χ0v) is 9.51. The maximum Gasteiger partial charge on any atom is 0.387 e. The molecule has 6 heteroatoms. The van der Waals surface area contributed by atoms with Crippen molar-refractivity contribution in [2.75, 3.05) is 0 Å². The van der Waals surface area contributed by atoms with Crippen LogP contribution < -0.4 is 4.74 Å². The van der Waals surface area contributed by atoms with E-state index in [0.717, 1.165) is 0 Å². The second-order valence-electron chi connectivity index (χ2n) is 3.66. The highest BCUT2D eigenvalue weighted by molar-refractivity contribution is 6.07. The van der Waals surface area contributed by atoms with Gasteiger partial charge in [0, 0.05) is 18.8 Å². The monoisotopic (exact) mass is 252 g/mol. The van der Waals surface area contributed by atoms with E-state index < -0.39 is 6.61 Å². The summed E-state index contributed by atoms with van der Waals surface area (Å²) in [5, 5.41) is 0. The van der Waals surface area contributed by atoms with Gasteiger partial charge in [-0.05, 0) is 12.1 Å². The first-order valence-electron chi connectivity index (χ1n) is 5.14. The molecule has 4 nitrogen and oxygen atoms in total. The third kappa shape index (κ3) is 2.71. The molecule has 1 aromatic carbocycles. The topological polar surface area (TPSA) is 44.1 Å². The van der Waals surface area contributed by atoms with Crippen LogP contribution in [0.4, 0.5) is 8.78 Å². The maximum atomic E-state index is 12.1. The number of carbonyl (C=O) groups excluding carboxylic acids is 1. The van der Waals surface area contributed by atoms with Crippen LogP contribution in [0.5, 0.6) is 5.75 Å². The minimum Gasteiger partial charge on any atom is -0.435 e. The van der Waals surface area contributed by atoms with Gasteiger partial charge in [-0.3, -0.25) is 4.79 Å². The van der Waals surface area contributed by atoms with E-state index in [2.05, 4.69) is 9.72 Å². The molecule has 0 spiro atoms. The number of halogens is 2. The first kappa shape index (κ1) is 12.2. The number of alkyl halides is 2. The van der Waals surface area contributed by atoms with E-state index in [0.29, 0.717) is 0 Å². The normalized spacial score (nSPS) is 10.7. The van der Waals surface area contributed by atoms with E-state index in [4.69, 9.17) is 0 Å². The van der Waals surface area contributed by atoms with Crippen molar-refractivity contribution in [1.29, 1.82) is 0 Å². The lowest BCUT2D eigenvalue weighted by molar-refractivity contribution is -0.0498. The summed E-state index contributed by atoms with van der Waals surface area (Å²) in [5.74, 6) is -0.387. The lowest BCUT2D eigenvalue weighted by atomic mass is 10.1. The highest BCUT2D eigenvalue weighted by atomic mass is 19.3. The molecule has 0 bridgehead atoms. The van der Waals surface area contributed by atoms with Gasteiger partial charge in [-0.25, -0.2) is 4.98 Å². The molecular formula is C12H10F2N2O2. The number of hydrogen-bond acceptors (Lipinski definition) is 3. The first-order valence-corrected chi connectivity index (χ1v) is 5.14. The number of nitrogens with zero attached hydrogens (tertiary/aromatic N) is 2. The third-order valence-electron chi connectivity index (χ3n) is 2.26. The van der Waals surface area contributed by atoms with Crippen molar-refractivity contribution in [3.63, 3.8) is 0 Å². The van der Waals surface area contributed by atoms with Crippen molar-refractivity contribution in [1.82, 2.24) is 9.55 Å². The van der Waals surface area contributed by atoms with Gasteiger partial charge in [-0.2, -0.15) is 8.78 Å². The van der Waals surface area contributed by atoms with Gasteiger partial charge < -0.3 is 9.30 Å². The number of ketones is 1. The van der Waals surface area contributed by atoms with Crippen LogP contribution in [0.25, 0.3) is 0 Å². The number of rotatable bonds is 4. The molecule has 1 aromatic heterocycles. The van der Waals surface area contributed by atoms with Gasteiger partial charge in [-0.15, -0.1) is 0 Å². The van der Waals surface area contributed by atoms with Crippen LogP contribution in [-0.4, -0.2) is 21.9 Å². The number of imidazole rings is 1. The average Bonchev–Trinajstić information content (AvgIpc) is 2.74. The molecule has 0 aliphatic heterocycles. The lowest BCUT2D eigenvalue weighted by Crippen LogP contribution is -2.05. The van der Waals surface area contributed by atoms with Crippen molar-refractivity contribution in [3.05, 3.63) is 48.0 Å². The number of aryl methyl sites for hydroxylation is 1. The van der Waals surface area contributed by atoms with Crippen molar-refractivity contribution >= 4 is 5.78 Å². The summed E-state index contributed by atoms with van der Waals surface area (Å²) in [6.07, 6.45) is 3.05. The molecule has 2 rings (SSSR count). The Bertz CT molecular complexity index is 567. The van der Waals surface area contributed by atoms with Crippen molar-refractivity contribution < 1.29 is 18.3 Å². The fraction of sp³-hybridized carbons (Fsp3) is 0.167. The highest BCUT2D eigenvalue weighted by Crippen LogP contribution is 2.17. The molecule has 0 radical (unpaired) electrons. The Morgan fingerprint density at radius 1 is 1.44 bits per heavy atom. The highest BCUT2D eigenvalue weighted by Gasteiger charge is 2.13. The van der Waals surface area contributed by atoms with Crippen LogP contribution in [0, 0.1) is 0 Å². The van der Waals surface area contributed by atoms with Gasteiger partial charge in [-0.1, -0.05) is 12.1 Å². The van der Waals surface area contributed by atoms with Crippen LogP contribution in [0.3, 0.4) is 0 Å². The summed E-state index contributed by atoms with van der Waals surface area (Å²) in [4.78, 5) is 15.9. The number of benzene rings is 1. The van der Waals surface area contributed by atoms with Crippen molar-refractivity contribution in [3.8, 4) is 5.75 Å². The zero-order chi connectivity index (χ0) is 13.1.